The van der Waals surface area contributed by atoms with Crippen LogP contribution in [0.2, 0.25) is 0 Å². The van der Waals surface area contributed by atoms with Gasteiger partial charge in [0.05, 0.1) is 11.5 Å². The van der Waals surface area contributed by atoms with Crippen LogP contribution in [0.4, 0.5) is 30.2 Å². The molecule has 2 aromatic carbocycles. The second kappa shape index (κ2) is 7.94. The lowest BCUT2D eigenvalue weighted by atomic mass is 10.1. The van der Waals surface area contributed by atoms with E-state index < -0.39 is 23.6 Å². The number of nitrogens with one attached hydrogen (secondary N) is 2. The number of halogens is 3. The Labute approximate surface area is 164 Å². The number of hydrogen-bond donors (Lipinski definition) is 2. The first-order valence-corrected chi connectivity index (χ1v) is 8.79. The van der Waals surface area contributed by atoms with Crippen LogP contribution in [0, 0.1) is 5.92 Å². The molecule has 1 heterocycles. The zero-order chi connectivity index (χ0) is 21.2. The van der Waals surface area contributed by atoms with Crippen LogP contribution < -0.4 is 15.5 Å². The number of hydrogen-bond acceptors (Lipinski definition) is 3. The van der Waals surface area contributed by atoms with Crippen molar-refractivity contribution in [3.63, 3.8) is 0 Å². The van der Waals surface area contributed by atoms with Crippen molar-refractivity contribution < 1.29 is 27.6 Å². The monoisotopic (exact) mass is 405 g/mol. The van der Waals surface area contributed by atoms with E-state index in [4.69, 9.17) is 0 Å². The Hall–Kier alpha value is -3.36. The Morgan fingerprint density at radius 1 is 1.03 bits per heavy atom. The zero-order valence-electron chi connectivity index (χ0n) is 15.4. The lowest BCUT2D eigenvalue weighted by Crippen LogP contribution is -2.28. The van der Waals surface area contributed by atoms with Gasteiger partial charge in [-0.25, -0.2) is 0 Å². The first-order chi connectivity index (χ1) is 13.6. The Balaban J connectivity index is 1.70. The van der Waals surface area contributed by atoms with E-state index >= 15 is 0 Å². The lowest BCUT2D eigenvalue weighted by Gasteiger charge is -2.18. The van der Waals surface area contributed by atoms with Crippen LogP contribution in [0.15, 0.2) is 48.5 Å². The van der Waals surface area contributed by atoms with Gasteiger partial charge >= 0.3 is 6.18 Å². The first kappa shape index (κ1) is 20.4. The maximum atomic E-state index is 12.8. The van der Waals surface area contributed by atoms with Crippen molar-refractivity contribution in [2.45, 2.75) is 19.5 Å². The number of nitrogens with zero attached hydrogens (tertiary/aromatic N) is 1. The topological polar surface area (TPSA) is 78.5 Å². The largest absolute Gasteiger partial charge is 0.416 e. The van der Waals surface area contributed by atoms with Crippen molar-refractivity contribution in [3.8, 4) is 0 Å². The van der Waals surface area contributed by atoms with Gasteiger partial charge < -0.3 is 15.5 Å². The fraction of sp³-hybridized carbons (Fsp3) is 0.250. The van der Waals surface area contributed by atoms with Crippen LogP contribution in [0.3, 0.4) is 0 Å². The number of amides is 3. The van der Waals surface area contributed by atoms with Gasteiger partial charge in [-0.2, -0.15) is 13.2 Å². The summed E-state index contributed by atoms with van der Waals surface area (Å²) in [5, 5.41) is 5.07. The van der Waals surface area contributed by atoms with Crippen molar-refractivity contribution in [2.24, 2.45) is 5.92 Å². The van der Waals surface area contributed by atoms with Crippen LogP contribution in [-0.4, -0.2) is 24.3 Å². The highest BCUT2D eigenvalue weighted by Gasteiger charge is 2.36. The molecular weight excluding hydrogens is 387 g/mol. The van der Waals surface area contributed by atoms with E-state index in [1.807, 2.05) is 0 Å². The molecule has 0 bridgehead atoms. The zero-order valence-corrected chi connectivity index (χ0v) is 15.4. The second-order valence-corrected chi connectivity index (χ2v) is 6.70. The maximum Gasteiger partial charge on any atom is 0.416 e. The Bertz CT molecular complexity index is 959. The predicted molar refractivity (Wildman–Crippen MR) is 101 cm³/mol. The van der Waals surface area contributed by atoms with Crippen molar-refractivity contribution in [3.05, 3.63) is 54.1 Å². The van der Waals surface area contributed by atoms with Crippen LogP contribution in [-0.2, 0) is 20.6 Å². The molecule has 0 aliphatic carbocycles. The van der Waals surface area contributed by atoms with Crippen molar-refractivity contribution in [2.75, 3.05) is 22.1 Å². The Kier molecular flexibility index (Phi) is 5.58. The number of carbonyl (C=O) groups excluding carboxylic acids is 3. The maximum absolute atomic E-state index is 12.8. The minimum absolute atomic E-state index is 0.0170. The third-order valence-corrected chi connectivity index (χ3v) is 4.43. The molecular formula is C20H18F3N3O3. The molecule has 2 aromatic rings. The van der Waals surface area contributed by atoms with E-state index in [0.29, 0.717) is 11.4 Å². The van der Waals surface area contributed by atoms with Crippen molar-refractivity contribution >= 4 is 34.8 Å². The second-order valence-electron chi connectivity index (χ2n) is 6.70. The fourth-order valence-electron chi connectivity index (χ4n) is 3.11. The van der Waals surface area contributed by atoms with Crippen LogP contribution in [0.1, 0.15) is 18.9 Å². The average molecular weight is 405 g/mol. The van der Waals surface area contributed by atoms with Gasteiger partial charge in [-0.15, -0.1) is 0 Å². The lowest BCUT2D eigenvalue weighted by molar-refractivity contribution is -0.137. The summed E-state index contributed by atoms with van der Waals surface area (Å²) in [6, 6.07) is 11.0. The summed E-state index contributed by atoms with van der Waals surface area (Å²) in [5.74, 6) is -1.78. The summed E-state index contributed by atoms with van der Waals surface area (Å²) in [7, 11) is 0. The predicted octanol–water partition coefficient (Wildman–Crippen LogP) is 3.66. The summed E-state index contributed by atoms with van der Waals surface area (Å²) < 4.78 is 38.5. The van der Waals surface area contributed by atoms with Crippen LogP contribution >= 0.6 is 0 Å². The van der Waals surface area contributed by atoms with Crippen molar-refractivity contribution in [1.29, 1.82) is 0 Å². The van der Waals surface area contributed by atoms with E-state index in [9.17, 15) is 27.6 Å². The molecule has 3 amide bonds. The van der Waals surface area contributed by atoms with E-state index in [1.165, 1.54) is 24.0 Å². The van der Waals surface area contributed by atoms with E-state index in [2.05, 4.69) is 10.6 Å². The molecule has 152 valence electrons. The summed E-state index contributed by atoms with van der Waals surface area (Å²) in [6.07, 6.45) is -4.57. The first-order valence-electron chi connectivity index (χ1n) is 8.79. The number of alkyl halides is 3. The molecule has 9 heteroatoms. The average Bonchev–Trinajstić information content (AvgIpc) is 3.03. The molecule has 1 fully saturated rings. The Morgan fingerprint density at radius 2 is 1.69 bits per heavy atom. The highest BCUT2D eigenvalue weighted by atomic mass is 19.4. The minimum Gasteiger partial charge on any atom is -0.326 e. The van der Waals surface area contributed by atoms with E-state index in [0.717, 1.165) is 12.1 Å². The smallest absolute Gasteiger partial charge is 0.326 e. The van der Waals surface area contributed by atoms with Gasteiger partial charge in [-0.05, 0) is 36.4 Å². The number of anilines is 3. The van der Waals surface area contributed by atoms with Crippen molar-refractivity contribution in [1.82, 2.24) is 0 Å². The summed E-state index contributed by atoms with van der Waals surface area (Å²) >= 11 is 0. The quantitative estimate of drug-likeness (QED) is 0.815. The van der Waals surface area contributed by atoms with Gasteiger partial charge in [-0.1, -0.05) is 12.1 Å². The van der Waals surface area contributed by atoms with E-state index in [1.54, 1.807) is 24.3 Å². The van der Waals surface area contributed by atoms with E-state index in [-0.39, 0.29) is 30.5 Å². The summed E-state index contributed by atoms with van der Waals surface area (Å²) in [5.41, 5.74) is 0.188. The Morgan fingerprint density at radius 3 is 2.34 bits per heavy atom. The summed E-state index contributed by atoms with van der Waals surface area (Å²) in [6.45, 7) is 1.45. The molecule has 0 saturated carbocycles. The SMILES string of the molecule is CC(=O)Nc1cccc(N2CC(C(=O)Nc3cccc(C(F)(F)F)c3)CC2=O)c1. The highest BCUT2D eigenvalue weighted by molar-refractivity contribution is 6.04. The molecule has 0 spiro atoms. The van der Waals surface area contributed by atoms with Gasteiger partial charge in [0.2, 0.25) is 17.7 Å². The minimum atomic E-state index is -4.51. The molecule has 6 nitrogen and oxygen atoms in total. The van der Waals surface area contributed by atoms with Crippen LogP contribution in [0.5, 0.6) is 0 Å². The molecule has 2 N–H and O–H groups in total. The molecule has 1 saturated heterocycles. The summed E-state index contributed by atoms with van der Waals surface area (Å²) in [4.78, 5) is 37.5. The molecule has 1 aliphatic heterocycles. The third kappa shape index (κ3) is 4.92. The molecule has 1 atom stereocenters. The fourth-order valence-corrected chi connectivity index (χ4v) is 3.11. The molecule has 0 aromatic heterocycles. The highest BCUT2D eigenvalue weighted by Crippen LogP contribution is 2.31. The normalized spacial score (nSPS) is 16.6. The van der Waals surface area contributed by atoms with Gasteiger partial charge in [0.1, 0.15) is 0 Å². The number of benzene rings is 2. The number of carbonyl (C=O) groups is 3. The van der Waals surface area contributed by atoms with Gasteiger partial charge in [0.15, 0.2) is 0 Å². The third-order valence-electron chi connectivity index (χ3n) is 4.43. The molecule has 0 radical (unpaired) electrons. The van der Waals surface area contributed by atoms with Gasteiger partial charge in [0.25, 0.3) is 0 Å². The van der Waals surface area contributed by atoms with Gasteiger partial charge in [0, 0.05) is 37.0 Å². The number of rotatable bonds is 4. The molecule has 3 rings (SSSR count). The molecule has 1 unspecified atom stereocenters. The molecule has 29 heavy (non-hydrogen) atoms. The van der Waals surface area contributed by atoms with Gasteiger partial charge in [-0.3, -0.25) is 14.4 Å². The van der Waals surface area contributed by atoms with Crippen LogP contribution in [0.25, 0.3) is 0 Å². The molecule has 1 aliphatic rings. The standard InChI is InChI=1S/C20H18F3N3O3/c1-12(27)24-16-6-3-7-17(10-16)26-11-13(8-18(26)28)19(29)25-15-5-2-4-14(9-15)20(21,22)23/h2-7,9-10,13H,8,11H2,1H3,(H,24,27)(H,25,29).